The number of rotatable bonds is 6. The normalized spacial score (nSPS) is 12.8. The predicted octanol–water partition coefficient (Wildman–Crippen LogP) is 0.568. The number of hydrogen-bond donors (Lipinski definition) is 2. The average molecular weight is 242 g/mol. The predicted molar refractivity (Wildman–Crippen MR) is 60.4 cm³/mol. The number of methoxy groups -OCH3 is 1. The molecule has 0 aliphatic rings. The maximum atomic E-state index is 11.8. The minimum absolute atomic E-state index is 0.105. The van der Waals surface area contributed by atoms with Crippen LogP contribution in [0.4, 0.5) is 0 Å². The quantitative estimate of drug-likeness (QED) is 0.761. The highest BCUT2D eigenvalue weighted by atomic mass is 16.5. The fourth-order valence-corrected chi connectivity index (χ4v) is 1.30. The lowest BCUT2D eigenvalue weighted by atomic mass is 10.1. The Labute approximate surface area is 99.9 Å². The summed E-state index contributed by atoms with van der Waals surface area (Å²) in [5.41, 5.74) is 0.191. The monoisotopic (exact) mass is 242 g/mol. The summed E-state index contributed by atoms with van der Waals surface area (Å²) in [5.74, 6) is 0.279. The van der Waals surface area contributed by atoms with Crippen molar-refractivity contribution >= 4 is 5.91 Å². The maximum Gasteiger partial charge on any atom is 0.273 e. The van der Waals surface area contributed by atoms with E-state index in [1.165, 1.54) is 13.2 Å². The van der Waals surface area contributed by atoms with Crippen LogP contribution in [0.3, 0.4) is 0 Å². The number of aliphatic hydroxyl groups excluding tert-OH is 1. The summed E-state index contributed by atoms with van der Waals surface area (Å²) in [4.78, 5) is 11.8. The number of carbonyl (C=O) groups excluding carboxylic acids is 1. The molecule has 17 heavy (non-hydrogen) atoms. The molecule has 6 heteroatoms. The van der Waals surface area contributed by atoms with E-state index < -0.39 is 0 Å². The summed E-state index contributed by atoms with van der Waals surface area (Å²) in [5, 5.41) is 15.4. The van der Waals surface area contributed by atoms with Gasteiger partial charge in [-0.05, 0) is 5.92 Å². The lowest BCUT2D eigenvalue weighted by molar-refractivity contribution is 0.0887. The van der Waals surface area contributed by atoms with Crippen LogP contribution in [0.1, 0.15) is 30.1 Å². The van der Waals surface area contributed by atoms with Crippen LogP contribution in [-0.2, 0) is 11.3 Å². The van der Waals surface area contributed by atoms with Crippen molar-refractivity contribution in [2.24, 2.45) is 5.92 Å². The van der Waals surface area contributed by atoms with Crippen molar-refractivity contribution in [3.8, 4) is 0 Å². The number of hydrogen-bond acceptors (Lipinski definition) is 5. The van der Waals surface area contributed by atoms with Crippen molar-refractivity contribution in [1.29, 1.82) is 0 Å². The molecule has 0 unspecified atom stereocenters. The smallest absolute Gasteiger partial charge is 0.273 e. The highest BCUT2D eigenvalue weighted by Gasteiger charge is 2.18. The van der Waals surface area contributed by atoms with Gasteiger partial charge >= 0.3 is 0 Å². The van der Waals surface area contributed by atoms with Crippen molar-refractivity contribution in [2.45, 2.75) is 26.5 Å². The van der Waals surface area contributed by atoms with Gasteiger partial charge in [-0.1, -0.05) is 19.0 Å². The number of carbonyl (C=O) groups is 1. The van der Waals surface area contributed by atoms with Crippen LogP contribution in [0, 0.1) is 5.92 Å². The van der Waals surface area contributed by atoms with E-state index in [2.05, 4.69) is 10.5 Å². The van der Waals surface area contributed by atoms with Crippen molar-refractivity contribution in [1.82, 2.24) is 10.5 Å². The molecule has 0 spiro atoms. The second kappa shape index (κ2) is 6.36. The highest BCUT2D eigenvalue weighted by molar-refractivity contribution is 5.92. The van der Waals surface area contributed by atoms with E-state index in [1.54, 1.807) is 0 Å². The Kier molecular flexibility index (Phi) is 5.11. The van der Waals surface area contributed by atoms with Gasteiger partial charge in [0.05, 0.1) is 12.6 Å². The van der Waals surface area contributed by atoms with Gasteiger partial charge in [0.25, 0.3) is 5.91 Å². The topological polar surface area (TPSA) is 84.6 Å². The van der Waals surface area contributed by atoms with Crippen LogP contribution < -0.4 is 5.32 Å². The number of nitrogens with one attached hydrogen (secondary N) is 1. The molecule has 1 rings (SSSR count). The summed E-state index contributed by atoms with van der Waals surface area (Å²) < 4.78 is 9.76. The SMILES string of the molecule is COCc1cc(C(=O)N[C@H](CO)C(C)C)no1. The number of amides is 1. The summed E-state index contributed by atoms with van der Waals surface area (Å²) >= 11 is 0. The maximum absolute atomic E-state index is 11.8. The molecule has 0 saturated heterocycles. The van der Waals surface area contributed by atoms with Crippen LogP contribution in [0.25, 0.3) is 0 Å². The molecule has 0 aliphatic carbocycles. The molecule has 0 fully saturated rings. The Bertz CT molecular complexity index is 362. The lowest BCUT2D eigenvalue weighted by Crippen LogP contribution is -2.41. The largest absolute Gasteiger partial charge is 0.394 e. The minimum atomic E-state index is -0.358. The summed E-state index contributed by atoms with van der Waals surface area (Å²) in [6.07, 6.45) is 0. The molecule has 1 amide bonds. The zero-order valence-corrected chi connectivity index (χ0v) is 10.3. The molecule has 1 heterocycles. The molecule has 1 aromatic rings. The molecule has 0 saturated carbocycles. The van der Waals surface area contributed by atoms with E-state index in [-0.39, 0.29) is 36.8 Å². The van der Waals surface area contributed by atoms with Gasteiger partial charge in [0.1, 0.15) is 6.61 Å². The van der Waals surface area contributed by atoms with Gasteiger partial charge < -0.3 is 19.7 Å². The first kappa shape index (κ1) is 13.7. The van der Waals surface area contributed by atoms with Crippen LogP contribution in [0.5, 0.6) is 0 Å². The summed E-state index contributed by atoms with van der Waals surface area (Å²) in [6, 6.07) is 1.23. The van der Waals surface area contributed by atoms with Gasteiger partial charge in [-0.15, -0.1) is 0 Å². The van der Waals surface area contributed by atoms with Crippen LogP contribution in [0.2, 0.25) is 0 Å². The van der Waals surface area contributed by atoms with Gasteiger partial charge in [-0.3, -0.25) is 4.79 Å². The number of ether oxygens (including phenoxy) is 1. The second-order valence-corrected chi connectivity index (χ2v) is 4.12. The van der Waals surface area contributed by atoms with E-state index in [1.807, 2.05) is 13.8 Å². The van der Waals surface area contributed by atoms with E-state index in [0.717, 1.165) is 0 Å². The first-order valence-electron chi connectivity index (χ1n) is 5.44. The molecule has 1 atom stereocenters. The van der Waals surface area contributed by atoms with Gasteiger partial charge in [0, 0.05) is 13.2 Å². The molecule has 96 valence electrons. The first-order chi connectivity index (χ1) is 8.08. The first-order valence-corrected chi connectivity index (χ1v) is 5.44. The van der Waals surface area contributed by atoms with Gasteiger partial charge in [-0.2, -0.15) is 0 Å². The van der Waals surface area contributed by atoms with Gasteiger partial charge in [0.15, 0.2) is 11.5 Å². The van der Waals surface area contributed by atoms with Gasteiger partial charge in [-0.25, -0.2) is 0 Å². The Morgan fingerprint density at radius 1 is 1.65 bits per heavy atom. The molecular weight excluding hydrogens is 224 g/mol. The zero-order valence-electron chi connectivity index (χ0n) is 10.3. The molecule has 0 aliphatic heterocycles. The van der Waals surface area contributed by atoms with Crippen LogP contribution >= 0.6 is 0 Å². The minimum Gasteiger partial charge on any atom is -0.394 e. The molecule has 0 aromatic carbocycles. The second-order valence-electron chi connectivity index (χ2n) is 4.12. The number of aliphatic hydroxyl groups is 1. The molecule has 0 radical (unpaired) electrons. The van der Waals surface area contributed by atoms with Crippen LogP contribution in [0.15, 0.2) is 10.6 Å². The van der Waals surface area contributed by atoms with E-state index in [9.17, 15) is 4.79 Å². The zero-order chi connectivity index (χ0) is 12.8. The Morgan fingerprint density at radius 2 is 2.35 bits per heavy atom. The molecule has 6 nitrogen and oxygen atoms in total. The Morgan fingerprint density at radius 3 is 2.88 bits per heavy atom. The summed E-state index contributed by atoms with van der Waals surface area (Å²) in [7, 11) is 1.53. The van der Waals surface area contributed by atoms with Crippen molar-refractivity contribution in [2.75, 3.05) is 13.7 Å². The Balaban J connectivity index is 2.62. The fraction of sp³-hybridized carbons (Fsp3) is 0.636. The molecule has 1 aromatic heterocycles. The molecule has 2 N–H and O–H groups in total. The average Bonchev–Trinajstić information content (AvgIpc) is 2.74. The van der Waals surface area contributed by atoms with E-state index >= 15 is 0 Å². The van der Waals surface area contributed by atoms with E-state index in [0.29, 0.717) is 5.76 Å². The third kappa shape index (κ3) is 3.83. The number of nitrogens with zero attached hydrogens (tertiary/aromatic N) is 1. The number of aromatic nitrogens is 1. The third-order valence-corrected chi connectivity index (χ3v) is 2.40. The Hall–Kier alpha value is -1.40. The molecule has 0 bridgehead atoms. The summed E-state index contributed by atoms with van der Waals surface area (Å²) in [6.45, 7) is 4.00. The lowest BCUT2D eigenvalue weighted by Gasteiger charge is -2.18. The molecular formula is C11H18N2O4. The third-order valence-electron chi connectivity index (χ3n) is 2.40. The highest BCUT2D eigenvalue weighted by Crippen LogP contribution is 2.06. The van der Waals surface area contributed by atoms with Crippen molar-refractivity contribution in [3.05, 3.63) is 17.5 Å². The van der Waals surface area contributed by atoms with Crippen molar-refractivity contribution < 1.29 is 19.2 Å². The standard InChI is InChI=1S/C11H18N2O4/c1-7(2)10(5-14)12-11(15)9-4-8(6-16-3)17-13-9/h4,7,10,14H,5-6H2,1-3H3,(H,12,15)/t10-/m1/s1. The fourth-order valence-electron chi connectivity index (χ4n) is 1.30. The van der Waals surface area contributed by atoms with Crippen molar-refractivity contribution in [3.63, 3.8) is 0 Å². The van der Waals surface area contributed by atoms with E-state index in [4.69, 9.17) is 14.4 Å². The van der Waals surface area contributed by atoms with Gasteiger partial charge in [0.2, 0.25) is 0 Å². The van der Waals surface area contributed by atoms with Crippen LogP contribution in [-0.4, -0.2) is 35.9 Å².